The molecule has 2 N–H and O–H groups in total. The zero-order chi connectivity index (χ0) is 15.2. The Labute approximate surface area is 131 Å². The van der Waals surface area contributed by atoms with Gasteiger partial charge in [-0.15, -0.1) is 0 Å². The lowest BCUT2D eigenvalue weighted by atomic mass is 9.86. The van der Waals surface area contributed by atoms with E-state index in [1.807, 2.05) is 0 Å². The summed E-state index contributed by atoms with van der Waals surface area (Å²) in [4.78, 5) is 11.7. The predicted octanol–water partition coefficient (Wildman–Crippen LogP) is 2.63. The lowest BCUT2D eigenvalue weighted by Gasteiger charge is -2.27. The largest absolute Gasteiger partial charge is 0.483 e. The first-order valence-electron chi connectivity index (χ1n) is 7.09. The summed E-state index contributed by atoms with van der Waals surface area (Å²) >= 11 is 3.18. The van der Waals surface area contributed by atoms with E-state index >= 15 is 0 Å². The highest BCUT2D eigenvalue weighted by Crippen LogP contribution is 2.25. The number of rotatable bonds is 5. The van der Waals surface area contributed by atoms with Crippen molar-refractivity contribution in [2.45, 2.75) is 31.8 Å². The van der Waals surface area contributed by atoms with Crippen molar-refractivity contribution in [3.8, 4) is 5.75 Å². The summed E-state index contributed by atoms with van der Waals surface area (Å²) in [7, 11) is 0. The maximum Gasteiger partial charge on any atom is 0.257 e. The number of amides is 1. The average Bonchev–Trinajstić information content (AvgIpc) is 2.45. The molecule has 0 heterocycles. The molecule has 0 spiro atoms. The Hall–Kier alpha value is -1.14. The topological polar surface area (TPSA) is 58.6 Å². The van der Waals surface area contributed by atoms with Crippen LogP contribution in [-0.2, 0) is 4.79 Å². The van der Waals surface area contributed by atoms with Crippen LogP contribution in [0.5, 0.6) is 5.75 Å². The second-order valence-electron chi connectivity index (χ2n) is 5.28. The Morgan fingerprint density at radius 1 is 1.43 bits per heavy atom. The van der Waals surface area contributed by atoms with Gasteiger partial charge in [-0.25, -0.2) is 4.39 Å². The standard InChI is InChI=1S/C15H19BrFNO3/c16-12-7-11(17)5-6-14(12)21-9-15(20)18-8-10-3-1-2-4-13(10)19/h5-7,10,13,19H,1-4,8-9H2,(H,18,20). The van der Waals surface area contributed by atoms with Gasteiger partial charge in [0.25, 0.3) is 5.91 Å². The van der Waals surface area contributed by atoms with Crippen molar-refractivity contribution in [3.05, 3.63) is 28.5 Å². The number of hydrogen-bond donors (Lipinski definition) is 2. The molecule has 1 fully saturated rings. The fraction of sp³-hybridized carbons (Fsp3) is 0.533. The van der Waals surface area contributed by atoms with Gasteiger partial charge in [0.2, 0.25) is 0 Å². The molecule has 1 aromatic carbocycles. The summed E-state index contributed by atoms with van der Waals surface area (Å²) in [6, 6.07) is 4.03. The fourth-order valence-corrected chi connectivity index (χ4v) is 2.92. The van der Waals surface area contributed by atoms with Crippen molar-refractivity contribution < 1.29 is 19.0 Å². The summed E-state index contributed by atoms with van der Waals surface area (Å²) in [6.07, 6.45) is 3.56. The number of carbonyl (C=O) groups is 1. The van der Waals surface area contributed by atoms with E-state index in [9.17, 15) is 14.3 Å². The lowest BCUT2D eigenvalue weighted by molar-refractivity contribution is -0.123. The van der Waals surface area contributed by atoms with Gasteiger partial charge in [-0.1, -0.05) is 12.8 Å². The summed E-state index contributed by atoms with van der Waals surface area (Å²) in [5, 5.41) is 12.6. The van der Waals surface area contributed by atoms with E-state index in [4.69, 9.17) is 4.74 Å². The highest BCUT2D eigenvalue weighted by atomic mass is 79.9. The molecule has 2 unspecified atom stereocenters. The molecule has 1 aliphatic rings. The van der Waals surface area contributed by atoms with Crippen LogP contribution >= 0.6 is 15.9 Å². The number of ether oxygens (including phenoxy) is 1. The molecular weight excluding hydrogens is 341 g/mol. The highest BCUT2D eigenvalue weighted by molar-refractivity contribution is 9.10. The first kappa shape index (κ1) is 16.2. The Morgan fingerprint density at radius 2 is 2.19 bits per heavy atom. The maximum absolute atomic E-state index is 12.9. The number of aliphatic hydroxyl groups is 1. The van der Waals surface area contributed by atoms with Gasteiger partial charge in [-0.05, 0) is 47.0 Å². The molecule has 4 nitrogen and oxygen atoms in total. The summed E-state index contributed by atoms with van der Waals surface area (Å²) in [5.41, 5.74) is 0. The third-order valence-electron chi connectivity index (χ3n) is 3.68. The van der Waals surface area contributed by atoms with Gasteiger partial charge in [0.05, 0.1) is 10.6 Å². The molecule has 0 radical (unpaired) electrons. The van der Waals surface area contributed by atoms with Gasteiger partial charge in [0, 0.05) is 12.5 Å². The Balaban J connectivity index is 1.74. The van der Waals surface area contributed by atoms with Gasteiger partial charge < -0.3 is 15.2 Å². The fourth-order valence-electron chi connectivity index (χ4n) is 2.46. The van der Waals surface area contributed by atoms with Crippen LogP contribution in [-0.4, -0.2) is 30.3 Å². The number of hydrogen-bond acceptors (Lipinski definition) is 3. The molecule has 21 heavy (non-hydrogen) atoms. The molecule has 1 aromatic rings. The molecular formula is C15H19BrFNO3. The van der Waals surface area contributed by atoms with E-state index in [0.29, 0.717) is 16.8 Å². The van der Waals surface area contributed by atoms with Crippen molar-refractivity contribution in [3.63, 3.8) is 0 Å². The highest BCUT2D eigenvalue weighted by Gasteiger charge is 2.23. The van der Waals surface area contributed by atoms with Crippen LogP contribution in [0.25, 0.3) is 0 Å². The van der Waals surface area contributed by atoms with Crippen LogP contribution < -0.4 is 10.1 Å². The number of aliphatic hydroxyl groups excluding tert-OH is 1. The van der Waals surface area contributed by atoms with Crippen LogP contribution in [0.1, 0.15) is 25.7 Å². The quantitative estimate of drug-likeness (QED) is 0.849. The third kappa shape index (κ3) is 4.97. The summed E-state index contributed by atoms with van der Waals surface area (Å²) < 4.78 is 18.7. The van der Waals surface area contributed by atoms with E-state index in [2.05, 4.69) is 21.2 Å². The molecule has 1 aliphatic carbocycles. The van der Waals surface area contributed by atoms with Crippen molar-refractivity contribution in [2.75, 3.05) is 13.2 Å². The monoisotopic (exact) mass is 359 g/mol. The van der Waals surface area contributed by atoms with Gasteiger partial charge in [-0.3, -0.25) is 4.79 Å². The van der Waals surface area contributed by atoms with Gasteiger partial charge >= 0.3 is 0 Å². The Bertz CT molecular complexity index is 498. The molecule has 6 heteroatoms. The van der Waals surface area contributed by atoms with Crippen LogP contribution in [0.3, 0.4) is 0 Å². The Kier molecular flexibility index (Phi) is 5.99. The van der Waals surface area contributed by atoms with E-state index in [1.54, 1.807) is 0 Å². The van der Waals surface area contributed by atoms with Crippen LogP contribution in [0, 0.1) is 11.7 Å². The van der Waals surface area contributed by atoms with E-state index in [-0.39, 0.29) is 30.4 Å². The van der Waals surface area contributed by atoms with E-state index < -0.39 is 0 Å². The lowest BCUT2D eigenvalue weighted by Crippen LogP contribution is -2.38. The second-order valence-corrected chi connectivity index (χ2v) is 6.13. The minimum absolute atomic E-state index is 0.125. The maximum atomic E-state index is 12.9. The van der Waals surface area contributed by atoms with Crippen LogP contribution in [0.15, 0.2) is 22.7 Å². The molecule has 116 valence electrons. The minimum Gasteiger partial charge on any atom is -0.483 e. The zero-order valence-corrected chi connectivity index (χ0v) is 13.2. The SMILES string of the molecule is O=C(COc1ccc(F)cc1Br)NCC1CCCCC1O. The molecule has 0 aromatic heterocycles. The molecule has 1 amide bonds. The first-order chi connectivity index (χ1) is 10.1. The number of benzene rings is 1. The second kappa shape index (κ2) is 7.75. The molecule has 1 saturated carbocycles. The summed E-state index contributed by atoms with van der Waals surface area (Å²) in [5.74, 6) is -0.0709. The summed E-state index contributed by atoms with van der Waals surface area (Å²) in [6.45, 7) is 0.334. The van der Waals surface area contributed by atoms with Crippen LogP contribution in [0.4, 0.5) is 4.39 Å². The smallest absolute Gasteiger partial charge is 0.257 e. The third-order valence-corrected chi connectivity index (χ3v) is 4.30. The van der Waals surface area contributed by atoms with Crippen LogP contribution in [0.2, 0.25) is 0 Å². The van der Waals surface area contributed by atoms with E-state index in [0.717, 1.165) is 25.7 Å². The van der Waals surface area contributed by atoms with Gasteiger partial charge in [0.15, 0.2) is 6.61 Å². The molecule has 2 atom stereocenters. The molecule has 0 bridgehead atoms. The zero-order valence-electron chi connectivity index (χ0n) is 11.6. The van der Waals surface area contributed by atoms with E-state index in [1.165, 1.54) is 18.2 Å². The van der Waals surface area contributed by atoms with Crippen molar-refractivity contribution in [2.24, 2.45) is 5.92 Å². The number of halogens is 2. The minimum atomic E-state index is -0.370. The van der Waals surface area contributed by atoms with Gasteiger partial charge in [0.1, 0.15) is 11.6 Å². The normalized spacial score (nSPS) is 21.9. The predicted molar refractivity (Wildman–Crippen MR) is 80.6 cm³/mol. The molecule has 0 saturated heterocycles. The first-order valence-corrected chi connectivity index (χ1v) is 7.88. The van der Waals surface area contributed by atoms with Crippen molar-refractivity contribution in [1.82, 2.24) is 5.32 Å². The van der Waals surface area contributed by atoms with Crippen molar-refractivity contribution >= 4 is 21.8 Å². The number of carbonyl (C=O) groups excluding carboxylic acids is 1. The van der Waals surface area contributed by atoms with Crippen molar-refractivity contribution in [1.29, 1.82) is 0 Å². The Morgan fingerprint density at radius 3 is 2.90 bits per heavy atom. The molecule has 2 rings (SSSR count). The number of nitrogens with one attached hydrogen (secondary N) is 1. The molecule has 0 aliphatic heterocycles. The average molecular weight is 360 g/mol. The van der Waals surface area contributed by atoms with Gasteiger partial charge in [-0.2, -0.15) is 0 Å².